The molecule has 0 aromatic carbocycles. The van der Waals surface area contributed by atoms with Crippen LogP contribution < -0.4 is 10.9 Å². The molecule has 0 saturated carbocycles. The van der Waals surface area contributed by atoms with Gasteiger partial charge in [-0.25, -0.2) is 4.98 Å². The zero-order chi connectivity index (χ0) is 23.8. The van der Waals surface area contributed by atoms with Crippen LogP contribution in [0.5, 0.6) is 0 Å². The number of fused-ring (bicyclic) bond motifs is 3. The first-order valence-corrected chi connectivity index (χ1v) is 12.9. The molecule has 174 valence electrons. The molecule has 0 bridgehead atoms. The number of hydrogen-bond acceptors (Lipinski definition) is 7. The van der Waals surface area contributed by atoms with E-state index in [0.29, 0.717) is 22.2 Å². The zero-order valence-electron chi connectivity index (χ0n) is 19.3. The van der Waals surface area contributed by atoms with Crippen LogP contribution in [-0.2, 0) is 24.2 Å². The summed E-state index contributed by atoms with van der Waals surface area (Å²) in [5.74, 6) is 1.00. The average Bonchev–Trinajstić information content (AvgIpc) is 3.41. The maximum atomic E-state index is 13.6. The van der Waals surface area contributed by atoms with Crippen molar-refractivity contribution >= 4 is 39.2 Å². The minimum absolute atomic E-state index is 0.0390. The van der Waals surface area contributed by atoms with Crippen molar-refractivity contribution in [2.45, 2.75) is 64.2 Å². The van der Waals surface area contributed by atoms with Gasteiger partial charge in [-0.15, -0.1) is 11.3 Å². The molecule has 9 heteroatoms. The Hall–Kier alpha value is -2.57. The maximum absolute atomic E-state index is 13.6. The van der Waals surface area contributed by atoms with Gasteiger partial charge in [-0.05, 0) is 55.7 Å². The van der Waals surface area contributed by atoms with E-state index in [0.717, 1.165) is 29.7 Å². The van der Waals surface area contributed by atoms with Crippen LogP contribution in [0, 0.1) is 23.2 Å². The van der Waals surface area contributed by atoms with Crippen molar-refractivity contribution in [3.63, 3.8) is 0 Å². The van der Waals surface area contributed by atoms with Gasteiger partial charge in [-0.2, -0.15) is 5.26 Å². The van der Waals surface area contributed by atoms with Crippen molar-refractivity contribution in [3.8, 4) is 6.07 Å². The molecule has 0 fully saturated rings. The number of thiophene rings is 1. The number of nitriles is 1. The molecule has 3 aromatic heterocycles. The van der Waals surface area contributed by atoms with Gasteiger partial charge in [0.1, 0.15) is 16.1 Å². The number of amides is 1. The summed E-state index contributed by atoms with van der Waals surface area (Å²) in [7, 11) is 0. The number of aryl methyl sites for hydroxylation is 1. The Morgan fingerprint density at radius 2 is 2.30 bits per heavy atom. The van der Waals surface area contributed by atoms with Crippen molar-refractivity contribution in [3.05, 3.63) is 45.0 Å². The van der Waals surface area contributed by atoms with E-state index >= 15 is 0 Å². The Morgan fingerprint density at radius 1 is 1.52 bits per heavy atom. The van der Waals surface area contributed by atoms with Crippen molar-refractivity contribution in [1.82, 2.24) is 14.9 Å². The Balaban J connectivity index is 1.68. The molecule has 3 aromatic rings. The first-order chi connectivity index (χ1) is 15.7. The predicted molar refractivity (Wildman–Crippen MR) is 131 cm³/mol. The van der Waals surface area contributed by atoms with Crippen LogP contribution in [0.25, 0.3) is 10.2 Å². The van der Waals surface area contributed by atoms with Gasteiger partial charge in [0.2, 0.25) is 5.91 Å². The summed E-state index contributed by atoms with van der Waals surface area (Å²) in [6.07, 6.45) is 4.52. The van der Waals surface area contributed by atoms with E-state index in [9.17, 15) is 14.9 Å². The molecule has 0 radical (unpaired) electrons. The summed E-state index contributed by atoms with van der Waals surface area (Å²) in [6, 6.07) is 5.80. The second kappa shape index (κ2) is 9.35. The third-order valence-electron chi connectivity index (χ3n) is 6.39. The first-order valence-electron chi connectivity index (χ1n) is 11.1. The molecule has 4 rings (SSSR count). The lowest BCUT2D eigenvalue weighted by Gasteiger charge is -2.27. The minimum Gasteiger partial charge on any atom is -0.467 e. The molecule has 2 atom stereocenters. The second-order valence-electron chi connectivity index (χ2n) is 9.20. The highest BCUT2D eigenvalue weighted by Gasteiger charge is 2.30. The summed E-state index contributed by atoms with van der Waals surface area (Å²) >= 11 is 2.81. The average molecular weight is 485 g/mol. The van der Waals surface area contributed by atoms with Gasteiger partial charge in [0.15, 0.2) is 5.16 Å². The number of carbonyl (C=O) groups is 1. The smallest absolute Gasteiger partial charge is 0.263 e. The van der Waals surface area contributed by atoms with E-state index in [-0.39, 0.29) is 29.7 Å². The Bertz CT molecular complexity index is 1270. The summed E-state index contributed by atoms with van der Waals surface area (Å²) in [6.45, 7) is 8.00. The van der Waals surface area contributed by atoms with Crippen molar-refractivity contribution in [2.75, 3.05) is 5.75 Å². The van der Waals surface area contributed by atoms with Gasteiger partial charge >= 0.3 is 0 Å². The number of furan rings is 1. The third kappa shape index (κ3) is 4.73. The molecule has 7 nitrogen and oxygen atoms in total. The number of thioether (sulfide) groups is 1. The molecule has 1 N–H and O–H groups in total. The molecule has 2 unspecified atom stereocenters. The summed E-state index contributed by atoms with van der Waals surface area (Å²) < 4.78 is 7.10. The Kier molecular flexibility index (Phi) is 6.68. The molecular formula is C24H28N4O3S2. The molecule has 0 spiro atoms. The number of carbonyl (C=O) groups excluding carboxylic acids is 1. The highest BCUT2D eigenvalue weighted by Crippen LogP contribution is 2.36. The molecule has 1 aliphatic rings. The fraction of sp³-hybridized carbons (Fsp3) is 0.500. The minimum atomic E-state index is -0.952. The summed E-state index contributed by atoms with van der Waals surface area (Å²) in [5.41, 5.74) is 0.0945. The van der Waals surface area contributed by atoms with Crippen LogP contribution in [0.1, 0.15) is 50.3 Å². The van der Waals surface area contributed by atoms with Crippen LogP contribution in [0.3, 0.4) is 0 Å². The lowest BCUT2D eigenvalue weighted by Crippen LogP contribution is -2.49. The van der Waals surface area contributed by atoms with Crippen molar-refractivity contribution in [2.24, 2.45) is 11.8 Å². The molecule has 1 amide bonds. The van der Waals surface area contributed by atoms with Crippen LogP contribution in [0.4, 0.5) is 0 Å². The Labute approximate surface area is 201 Å². The fourth-order valence-electron chi connectivity index (χ4n) is 3.97. The van der Waals surface area contributed by atoms with Crippen LogP contribution in [0.15, 0.2) is 32.8 Å². The van der Waals surface area contributed by atoms with E-state index in [1.54, 1.807) is 35.2 Å². The quantitative estimate of drug-likeness (QED) is 0.395. The third-order valence-corrected chi connectivity index (χ3v) is 8.52. The number of aromatic nitrogens is 2. The Morgan fingerprint density at radius 3 is 2.97 bits per heavy atom. The zero-order valence-corrected chi connectivity index (χ0v) is 20.9. The lowest BCUT2D eigenvalue weighted by molar-refractivity contribution is -0.120. The van der Waals surface area contributed by atoms with Gasteiger partial charge < -0.3 is 9.73 Å². The van der Waals surface area contributed by atoms with Gasteiger partial charge in [0.05, 0.1) is 30.0 Å². The van der Waals surface area contributed by atoms with Crippen LogP contribution in [0.2, 0.25) is 0 Å². The van der Waals surface area contributed by atoms with Crippen molar-refractivity contribution in [1.29, 1.82) is 5.26 Å². The first kappa shape index (κ1) is 23.6. The lowest BCUT2D eigenvalue weighted by atomic mass is 9.89. The SMILES string of the molecule is CC1CCc2c(sc3nc(SCC(=O)NC(C)(C#N)C(C)C)n(Cc4ccco4)c(=O)c23)C1. The second-order valence-corrected chi connectivity index (χ2v) is 11.2. The van der Waals surface area contributed by atoms with Gasteiger partial charge in [0, 0.05) is 4.88 Å². The standard InChI is InChI=1S/C24H28N4O3S2/c1-14(2)24(4,13-25)27-19(29)12-32-23-26-21-20(17-8-7-15(3)10-18(17)33-21)22(30)28(23)11-16-6-5-9-31-16/h5-6,9,14-15H,7-8,10-12H2,1-4H3,(H,27,29). The van der Waals surface area contributed by atoms with E-state index in [4.69, 9.17) is 9.40 Å². The molecule has 1 aliphatic carbocycles. The van der Waals surface area contributed by atoms with E-state index in [1.807, 2.05) is 19.9 Å². The molecule has 33 heavy (non-hydrogen) atoms. The fourth-order valence-corrected chi connectivity index (χ4v) is 6.19. The van der Waals surface area contributed by atoms with Crippen LogP contribution in [-0.4, -0.2) is 26.8 Å². The molecule has 0 saturated heterocycles. The highest BCUT2D eigenvalue weighted by molar-refractivity contribution is 7.99. The summed E-state index contributed by atoms with van der Waals surface area (Å²) in [4.78, 5) is 33.1. The van der Waals surface area contributed by atoms with Gasteiger partial charge in [-0.3, -0.25) is 14.2 Å². The maximum Gasteiger partial charge on any atom is 0.263 e. The molecular weight excluding hydrogens is 456 g/mol. The largest absolute Gasteiger partial charge is 0.467 e. The topological polar surface area (TPSA) is 101 Å². The molecule has 0 aliphatic heterocycles. The summed E-state index contributed by atoms with van der Waals surface area (Å²) in [5, 5.41) is 13.5. The highest BCUT2D eigenvalue weighted by atomic mass is 32.2. The number of hydrogen-bond donors (Lipinski definition) is 1. The normalized spacial score (nSPS) is 17.5. The van der Waals surface area contributed by atoms with E-state index < -0.39 is 5.54 Å². The van der Waals surface area contributed by atoms with Crippen molar-refractivity contribution < 1.29 is 9.21 Å². The number of rotatable bonds is 7. The van der Waals surface area contributed by atoms with E-state index in [1.165, 1.54) is 16.6 Å². The number of nitrogens with zero attached hydrogens (tertiary/aromatic N) is 3. The molecule has 3 heterocycles. The van der Waals surface area contributed by atoms with E-state index in [2.05, 4.69) is 18.3 Å². The monoisotopic (exact) mass is 484 g/mol. The number of nitrogens with one attached hydrogen (secondary N) is 1. The van der Waals surface area contributed by atoms with Gasteiger partial charge in [0.25, 0.3) is 5.56 Å². The predicted octanol–water partition coefficient (Wildman–Crippen LogP) is 4.37. The van der Waals surface area contributed by atoms with Crippen LogP contribution >= 0.6 is 23.1 Å². The van der Waals surface area contributed by atoms with Gasteiger partial charge in [-0.1, -0.05) is 32.5 Å².